The van der Waals surface area contributed by atoms with E-state index in [9.17, 15) is 4.79 Å². The third-order valence-electron chi connectivity index (χ3n) is 3.22. The second-order valence-corrected chi connectivity index (χ2v) is 4.94. The standard InChI is InChI=1S/C17H20N4O2/c1-12(13-3-5-14(18)6-4-13)20-21-17(22)11-19-15-7-9-16(23-2)10-8-15/h3-10,19H,11,18H2,1-2H3,(H,21,22)/b20-12-. The Hall–Kier alpha value is -3.02. The summed E-state index contributed by atoms with van der Waals surface area (Å²) in [6.45, 7) is 1.95. The van der Waals surface area contributed by atoms with Crippen molar-refractivity contribution in [3.63, 3.8) is 0 Å². The van der Waals surface area contributed by atoms with Crippen LogP contribution < -0.4 is 21.2 Å². The van der Waals surface area contributed by atoms with Crippen molar-refractivity contribution in [3.8, 4) is 5.75 Å². The summed E-state index contributed by atoms with van der Waals surface area (Å²) in [4.78, 5) is 11.8. The number of amides is 1. The Morgan fingerprint density at radius 2 is 1.78 bits per heavy atom. The molecule has 4 N–H and O–H groups in total. The van der Waals surface area contributed by atoms with E-state index in [2.05, 4.69) is 15.8 Å². The molecule has 0 aliphatic rings. The molecule has 0 atom stereocenters. The van der Waals surface area contributed by atoms with E-state index in [0.717, 1.165) is 17.0 Å². The number of hydrogen-bond donors (Lipinski definition) is 3. The Kier molecular flexibility index (Phi) is 5.57. The first kappa shape index (κ1) is 16.4. The van der Waals surface area contributed by atoms with Crippen molar-refractivity contribution in [2.75, 3.05) is 24.7 Å². The van der Waals surface area contributed by atoms with Crippen LogP contribution in [-0.2, 0) is 4.79 Å². The topological polar surface area (TPSA) is 88.7 Å². The zero-order valence-electron chi connectivity index (χ0n) is 13.2. The highest BCUT2D eigenvalue weighted by molar-refractivity contribution is 5.99. The van der Waals surface area contributed by atoms with Crippen LogP contribution in [0.15, 0.2) is 53.6 Å². The monoisotopic (exact) mass is 312 g/mol. The number of benzene rings is 2. The van der Waals surface area contributed by atoms with E-state index in [1.165, 1.54) is 0 Å². The molecule has 2 aromatic carbocycles. The summed E-state index contributed by atoms with van der Waals surface area (Å²) in [5, 5.41) is 7.09. The maximum Gasteiger partial charge on any atom is 0.259 e. The van der Waals surface area contributed by atoms with Gasteiger partial charge in [-0.15, -0.1) is 0 Å². The summed E-state index contributed by atoms with van der Waals surface area (Å²) in [6, 6.07) is 14.6. The number of nitrogens with two attached hydrogens (primary N) is 1. The molecule has 1 amide bonds. The predicted octanol–water partition coefficient (Wildman–Crippen LogP) is 2.23. The van der Waals surface area contributed by atoms with Gasteiger partial charge in [0.25, 0.3) is 5.91 Å². The van der Waals surface area contributed by atoms with E-state index < -0.39 is 0 Å². The first-order valence-corrected chi connectivity index (χ1v) is 7.15. The van der Waals surface area contributed by atoms with Crippen molar-refractivity contribution >= 4 is 23.0 Å². The zero-order chi connectivity index (χ0) is 16.7. The number of nitrogens with one attached hydrogen (secondary N) is 2. The van der Waals surface area contributed by atoms with Gasteiger partial charge in [-0.05, 0) is 48.9 Å². The highest BCUT2D eigenvalue weighted by atomic mass is 16.5. The highest BCUT2D eigenvalue weighted by Gasteiger charge is 2.02. The molecule has 2 aromatic rings. The molecule has 0 bridgehead atoms. The van der Waals surface area contributed by atoms with Crippen LogP contribution in [-0.4, -0.2) is 25.3 Å². The number of nitrogens with zero attached hydrogens (tertiary/aromatic N) is 1. The fourth-order valence-corrected chi connectivity index (χ4v) is 1.87. The quantitative estimate of drug-likeness (QED) is 0.433. The Labute approximate surface area is 135 Å². The minimum Gasteiger partial charge on any atom is -0.497 e. The lowest BCUT2D eigenvalue weighted by molar-refractivity contribution is -0.119. The van der Waals surface area contributed by atoms with E-state index in [0.29, 0.717) is 11.4 Å². The second-order valence-electron chi connectivity index (χ2n) is 4.94. The van der Waals surface area contributed by atoms with Crippen molar-refractivity contribution in [1.29, 1.82) is 0 Å². The summed E-state index contributed by atoms with van der Waals surface area (Å²) >= 11 is 0. The number of carbonyl (C=O) groups excluding carboxylic acids is 1. The average Bonchev–Trinajstić information content (AvgIpc) is 2.59. The van der Waals surface area contributed by atoms with Gasteiger partial charge >= 0.3 is 0 Å². The maximum atomic E-state index is 11.8. The lowest BCUT2D eigenvalue weighted by Crippen LogP contribution is -2.26. The van der Waals surface area contributed by atoms with E-state index in [4.69, 9.17) is 10.5 Å². The molecule has 2 rings (SSSR count). The fourth-order valence-electron chi connectivity index (χ4n) is 1.87. The van der Waals surface area contributed by atoms with Gasteiger partial charge in [0.05, 0.1) is 19.4 Å². The van der Waals surface area contributed by atoms with Crippen molar-refractivity contribution in [3.05, 3.63) is 54.1 Å². The number of anilines is 2. The number of rotatable bonds is 6. The van der Waals surface area contributed by atoms with Crippen molar-refractivity contribution < 1.29 is 9.53 Å². The molecular weight excluding hydrogens is 292 g/mol. The van der Waals surface area contributed by atoms with E-state index >= 15 is 0 Å². The van der Waals surface area contributed by atoms with E-state index in [-0.39, 0.29) is 12.5 Å². The number of hydrazone groups is 1. The normalized spacial score (nSPS) is 11.0. The molecule has 6 heteroatoms. The minimum atomic E-state index is -0.226. The van der Waals surface area contributed by atoms with Crippen molar-refractivity contribution in [1.82, 2.24) is 5.43 Å². The number of methoxy groups -OCH3 is 1. The summed E-state index contributed by atoms with van der Waals surface area (Å²) < 4.78 is 5.08. The van der Waals surface area contributed by atoms with E-state index in [1.54, 1.807) is 19.2 Å². The number of nitrogen functional groups attached to an aromatic ring is 1. The predicted molar refractivity (Wildman–Crippen MR) is 92.7 cm³/mol. The van der Waals surface area contributed by atoms with Gasteiger partial charge in [-0.3, -0.25) is 4.79 Å². The summed E-state index contributed by atoms with van der Waals surface area (Å²) in [5.41, 5.74) is 11.3. The Balaban J connectivity index is 1.84. The zero-order valence-corrected chi connectivity index (χ0v) is 13.2. The number of carbonyl (C=O) groups is 1. The van der Waals surface area contributed by atoms with Gasteiger partial charge in [0.2, 0.25) is 0 Å². The van der Waals surface area contributed by atoms with Gasteiger partial charge in [0.15, 0.2) is 0 Å². The molecular formula is C17H20N4O2. The van der Waals surface area contributed by atoms with Gasteiger partial charge in [0, 0.05) is 11.4 Å². The molecule has 0 unspecified atom stereocenters. The Bertz CT molecular complexity index is 679. The third kappa shape index (κ3) is 5.03. The SMILES string of the molecule is COc1ccc(NCC(=O)N/N=C(/C)c2ccc(N)cc2)cc1. The second kappa shape index (κ2) is 7.84. The Morgan fingerprint density at radius 1 is 1.13 bits per heavy atom. The molecule has 0 aliphatic carbocycles. The summed E-state index contributed by atoms with van der Waals surface area (Å²) in [5.74, 6) is 0.541. The largest absolute Gasteiger partial charge is 0.497 e. The molecule has 23 heavy (non-hydrogen) atoms. The van der Waals surface area contributed by atoms with Gasteiger partial charge in [0.1, 0.15) is 5.75 Å². The van der Waals surface area contributed by atoms with Crippen LogP contribution in [0.2, 0.25) is 0 Å². The molecule has 0 aliphatic heterocycles. The molecule has 120 valence electrons. The van der Waals surface area contributed by atoms with Crippen LogP contribution in [0.4, 0.5) is 11.4 Å². The highest BCUT2D eigenvalue weighted by Crippen LogP contribution is 2.14. The molecule has 0 saturated carbocycles. The number of hydrogen-bond acceptors (Lipinski definition) is 5. The maximum absolute atomic E-state index is 11.8. The van der Waals surface area contributed by atoms with Crippen LogP contribution in [0.1, 0.15) is 12.5 Å². The van der Waals surface area contributed by atoms with Gasteiger partial charge < -0.3 is 15.8 Å². The van der Waals surface area contributed by atoms with Gasteiger partial charge in [-0.1, -0.05) is 12.1 Å². The average molecular weight is 312 g/mol. The molecule has 0 aromatic heterocycles. The van der Waals surface area contributed by atoms with Crippen LogP contribution >= 0.6 is 0 Å². The van der Waals surface area contributed by atoms with Crippen LogP contribution in [0, 0.1) is 0 Å². The molecule has 0 saturated heterocycles. The number of ether oxygens (including phenoxy) is 1. The molecule has 0 radical (unpaired) electrons. The van der Waals surface area contributed by atoms with Crippen molar-refractivity contribution in [2.45, 2.75) is 6.92 Å². The molecule has 6 nitrogen and oxygen atoms in total. The lowest BCUT2D eigenvalue weighted by Gasteiger charge is -2.07. The summed E-state index contributed by atoms with van der Waals surface area (Å²) in [7, 11) is 1.61. The van der Waals surface area contributed by atoms with Crippen molar-refractivity contribution in [2.24, 2.45) is 5.10 Å². The first-order valence-electron chi connectivity index (χ1n) is 7.15. The summed E-state index contributed by atoms with van der Waals surface area (Å²) in [6.07, 6.45) is 0. The molecule has 0 spiro atoms. The lowest BCUT2D eigenvalue weighted by atomic mass is 10.1. The van der Waals surface area contributed by atoms with Crippen LogP contribution in [0.3, 0.4) is 0 Å². The fraction of sp³-hybridized carbons (Fsp3) is 0.176. The van der Waals surface area contributed by atoms with Crippen LogP contribution in [0.25, 0.3) is 0 Å². The van der Waals surface area contributed by atoms with Gasteiger partial charge in [-0.2, -0.15) is 5.10 Å². The van der Waals surface area contributed by atoms with Crippen LogP contribution in [0.5, 0.6) is 5.75 Å². The molecule has 0 heterocycles. The van der Waals surface area contributed by atoms with E-state index in [1.807, 2.05) is 43.3 Å². The van der Waals surface area contributed by atoms with Gasteiger partial charge in [-0.25, -0.2) is 5.43 Å². The minimum absolute atomic E-state index is 0.130. The Morgan fingerprint density at radius 3 is 2.39 bits per heavy atom. The first-order chi connectivity index (χ1) is 11.1. The third-order valence-corrected chi connectivity index (χ3v) is 3.22. The smallest absolute Gasteiger partial charge is 0.259 e. The molecule has 0 fully saturated rings.